The highest BCUT2D eigenvalue weighted by Crippen LogP contribution is 2.24. The molecular formula is C13H14O3. The number of terminal acetylenes is 1. The van der Waals surface area contributed by atoms with Crippen molar-refractivity contribution in [3.8, 4) is 18.1 Å². The Morgan fingerprint density at radius 2 is 2.12 bits per heavy atom. The third-order valence-electron chi connectivity index (χ3n) is 2.15. The number of aryl methyl sites for hydroxylation is 1. The number of hydrogen-bond acceptors (Lipinski definition) is 2. The quantitative estimate of drug-likeness (QED) is 0.793. The van der Waals surface area contributed by atoms with Crippen LogP contribution in [0.15, 0.2) is 18.2 Å². The first-order chi connectivity index (χ1) is 7.35. The highest BCUT2D eigenvalue weighted by molar-refractivity contribution is 5.88. The predicted molar refractivity (Wildman–Crippen MR) is 61.7 cm³/mol. The molecule has 0 spiro atoms. The van der Waals surface area contributed by atoms with Crippen molar-refractivity contribution in [1.82, 2.24) is 0 Å². The lowest BCUT2D eigenvalue weighted by Crippen LogP contribution is -2.26. The van der Waals surface area contributed by atoms with Crippen LogP contribution in [0.25, 0.3) is 0 Å². The largest absolute Gasteiger partial charge is 0.478 e. The van der Waals surface area contributed by atoms with Gasteiger partial charge >= 0.3 is 5.97 Å². The fraction of sp³-hybridized carbons (Fsp3) is 0.308. The lowest BCUT2D eigenvalue weighted by atomic mass is 10.1. The van der Waals surface area contributed by atoms with Crippen LogP contribution in [0.4, 0.5) is 0 Å². The minimum absolute atomic E-state index is 0.188. The monoisotopic (exact) mass is 218 g/mol. The Morgan fingerprint density at radius 1 is 1.50 bits per heavy atom. The summed E-state index contributed by atoms with van der Waals surface area (Å²) in [6.07, 6.45) is 5.31. The van der Waals surface area contributed by atoms with Crippen LogP contribution in [0.1, 0.15) is 29.8 Å². The molecule has 0 aliphatic heterocycles. The maximum Gasteiger partial charge on any atom is 0.335 e. The first kappa shape index (κ1) is 12.1. The van der Waals surface area contributed by atoms with Crippen molar-refractivity contribution in [2.45, 2.75) is 26.4 Å². The summed E-state index contributed by atoms with van der Waals surface area (Å²) in [4.78, 5) is 10.8. The Bertz CT molecular complexity index is 453. The van der Waals surface area contributed by atoms with Crippen molar-refractivity contribution in [3.05, 3.63) is 29.3 Å². The molecule has 0 heterocycles. The van der Waals surface area contributed by atoms with Crippen LogP contribution in [0.5, 0.6) is 5.75 Å². The first-order valence-electron chi connectivity index (χ1n) is 4.86. The van der Waals surface area contributed by atoms with Gasteiger partial charge in [0.2, 0.25) is 0 Å². The Hall–Kier alpha value is -1.95. The van der Waals surface area contributed by atoms with Crippen LogP contribution >= 0.6 is 0 Å². The fourth-order valence-corrected chi connectivity index (χ4v) is 1.15. The average Bonchev–Trinajstić information content (AvgIpc) is 2.21. The zero-order valence-corrected chi connectivity index (χ0v) is 9.57. The number of carboxylic acid groups (broad SMARTS) is 1. The van der Waals surface area contributed by atoms with Gasteiger partial charge in [-0.1, -0.05) is 12.0 Å². The van der Waals surface area contributed by atoms with Gasteiger partial charge in [-0.2, -0.15) is 0 Å². The molecule has 3 nitrogen and oxygen atoms in total. The van der Waals surface area contributed by atoms with E-state index in [-0.39, 0.29) is 5.56 Å². The standard InChI is InChI=1S/C13H14O3/c1-5-13(3,4)16-11-8-10(12(14)15)7-6-9(11)2/h1,6-8H,2-4H3,(H,14,15). The zero-order chi connectivity index (χ0) is 12.3. The molecule has 0 unspecified atom stereocenters. The van der Waals surface area contributed by atoms with Gasteiger partial charge in [-0.05, 0) is 38.5 Å². The van der Waals surface area contributed by atoms with Gasteiger partial charge in [-0.25, -0.2) is 4.79 Å². The third kappa shape index (κ3) is 2.77. The Kier molecular flexibility index (Phi) is 3.24. The van der Waals surface area contributed by atoms with Gasteiger partial charge in [0.05, 0.1) is 5.56 Å². The van der Waals surface area contributed by atoms with E-state index in [4.69, 9.17) is 16.3 Å². The normalized spacial score (nSPS) is 10.6. The molecule has 1 N–H and O–H groups in total. The lowest BCUT2D eigenvalue weighted by molar-refractivity contribution is 0.0695. The molecule has 0 aromatic heterocycles. The summed E-state index contributed by atoms with van der Waals surface area (Å²) in [5, 5.41) is 8.86. The molecule has 0 atom stereocenters. The van der Waals surface area contributed by atoms with Gasteiger partial charge in [0.15, 0.2) is 5.60 Å². The number of ether oxygens (including phenoxy) is 1. The van der Waals surface area contributed by atoms with Crippen molar-refractivity contribution in [1.29, 1.82) is 0 Å². The van der Waals surface area contributed by atoms with Crippen LogP contribution in [0.2, 0.25) is 0 Å². The number of aromatic carboxylic acids is 1. The molecule has 3 heteroatoms. The maximum atomic E-state index is 10.8. The molecule has 0 aliphatic rings. The van der Waals surface area contributed by atoms with Gasteiger partial charge in [0.25, 0.3) is 0 Å². The highest BCUT2D eigenvalue weighted by Gasteiger charge is 2.17. The van der Waals surface area contributed by atoms with Crippen LogP contribution < -0.4 is 4.74 Å². The van der Waals surface area contributed by atoms with E-state index in [1.54, 1.807) is 19.9 Å². The second kappa shape index (κ2) is 4.28. The third-order valence-corrected chi connectivity index (χ3v) is 2.15. The van der Waals surface area contributed by atoms with E-state index in [1.165, 1.54) is 12.1 Å². The molecule has 0 radical (unpaired) electrons. The summed E-state index contributed by atoms with van der Waals surface area (Å²) in [5.41, 5.74) is 0.295. The van der Waals surface area contributed by atoms with E-state index in [2.05, 4.69) is 5.92 Å². The van der Waals surface area contributed by atoms with E-state index < -0.39 is 11.6 Å². The number of hydrogen-bond donors (Lipinski definition) is 1. The first-order valence-corrected chi connectivity index (χ1v) is 4.86. The summed E-state index contributed by atoms with van der Waals surface area (Å²) in [7, 11) is 0. The Labute approximate surface area is 95.1 Å². The van der Waals surface area contributed by atoms with E-state index in [1.807, 2.05) is 6.92 Å². The molecule has 0 fully saturated rings. The molecule has 1 aromatic carbocycles. The van der Waals surface area contributed by atoms with Crippen LogP contribution in [0, 0.1) is 19.3 Å². The van der Waals surface area contributed by atoms with Crippen molar-refractivity contribution >= 4 is 5.97 Å². The highest BCUT2D eigenvalue weighted by atomic mass is 16.5. The summed E-state index contributed by atoms with van der Waals surface area (Å²) >= 11 is 0. The van der Waals surface area contributed by atoms with Crippen LogP contribution in [-0.4, -0.2) is 16.7 Å². The Morgan fingerprint density at radius 3 is 2.62 bits per heavy atom. The SMILES string of the molecule is C#CC(C)(C)Oc1cc(C(=O)O)ccc1C. The van der Waals surface area contributed by atoms with Gasteiger partial charge < -0.3 is 9.84 Å². The molecule has 0 saturated heterocycles. The van der Waals surface area contributed by atoms with Crippen molar-refractivity contribution < 1.29 is 14.6 Å². The molecule has 0 bridgehead atoms. The molecule has 0 amide bonds. The topological polar surface area (TPSA) is 46.5 Å². The van der Waals surface area contributed by atoms with E-state index >= 15 is 0 Å². The predicted octanol–water partition coefficient (Wildman–Crippen LogP) is 2.48. The average molecular weight is 218 g/mol. The van der Waals surface area contributed by atoms with Crippen molar-refractivity contribution in [2.75, 3.05) is 0 Å². The van der Waals surface area contributed by atoms with Crippen LogP contribution in [-0.2, 0) is 0 Å². The smallest absolute Gasteiger partial charge is 0.335 e. The molecule has 0 saturated carbocycles. The van der Waals surface area contributed by atoms with Gasteiger partial charge in [0, 0.05) is 0 Å². The maximum absolute atomic E-state index is 10.8. The number of rotatable bonds is 3. The van der Waals surface area contributed by atoms with E-state index in [9.17, 15) is 4.79 Å². The summed E-state index contributed by atoms with van der Waals surface area (Å²) in [6.45, 7) is 5.34. The second-order valence-electron chi connectivity index (χ2n) is 4.04. The molecule has 0 aliphatic carbocycles. The summed E-state index contributed by atoms with van der Waals surface area (Å²) in [6, 6.07) is 4.72. The molecular weight excluding hydrogens is 204 g/mol. The van der Waals surface area contributed by atoms with Crippen molar-refractivity contribution in [2.24, 2.45) is 0 Å². The Balaban J connectivity index is 3.09. The number of carboxylic acids is 1. The number of benzene rings is 1. The van der Waals surface area contributed by atoms with Gasteiger partial charge in [0.1, 0.15) is 5.75 Å². The van der Waals surface area contributed by atoms with Crippen LogP contribution in [0.3, 0.4) is 0 Å². The minimum Gasteiger partial charge on any atom is -0.478 e. The lowest BCUT2D eigenvalue weighted by Gasteiger charge is -2.21. The molecule has 1 rings (SSSR count). The minimum atomic E-state index is -0.983. The zero-order valence-electron chi connectivity index (χ0n) is 9.57. The van der Waals surface area contributed by atoms with Crippen molar-refractivity contribution in [3.63, 3.8) is 0 Å². The summed E-state index contributed by atoms with van der Waals surface area (Å²) < 4.78 is 5.57. The molecule has 84 valence electrons. The molecule has 1 aromatic rings. The fourth-order valence-electron chi connectivity index (χ4n) is 1.15. The van der Waals surface area contributed by atoms with E-state index in [0.717, 1.165) is 5.56 Å². The van der Waals surface area contributed by atoms with Gasteiger partial charge in [-0.3, -0.25) is 0 Å². The van der Waals surface area contributed by atoms with Gasteiger partial charge in [-0.15, -0.1) is 6.42 Å². The summed E-state index contributed by atoms with van der Waals surface area (Å²) in [5.74, 6) is 2.02. The number of carbonyl (C=O) groups is 1. The second-order valence-corrected chi connectivity index (χ2v) is 4.04. The molecule has 16 heavy (non-hydrogen) atoms. The van der Waals surface area contributed by atoms with E-state index in [0.29, 0.717) is 5.75 Å².